The van der Waals surface area contributed by atoms with Gasteiger partial charge in [0.05, 0.1) is 17.3 Å². The van der Waals surface area contributed by atoms with Crippen molar-refractivity contribution in [1.82, 2.24) is 0 Å². The second kappa shape index (κ2) is 5.66. The smallest absolute Gasteiger partial charge is 0.399 e. The van der Waals surface area contributed by atoms with Gasteiger partial charge in [0.2, 0.25) is 0 Å². The van der Waals surface area contributed by atoms with Crippen LogP contribution in [0, 0.1) is 0 Å². The van der Waals surface area contributed by atoms with Crippen molar-refractivity contribution in [1.29, 1.82) is 0 Å². The third kappa shape index (κ3) is 2.84. The Morgan fingerprint density at radius 1 is 0.955 bits per heavy atom. The van der Waals surface area contributed by atoms with Crippen molar-refractivity contribution in [3.8, 4) is 0 Å². The molecule has 0 spiro atoms. The maximum Gasteiger partial charge on any atom is 0.494 e. The third-order valence-electron chi connectivity index (χ3n) is 5.62. The van der Waals surface area contributed by atoms with E-state index in [1.165, 1.54) is 12.0 Å². The summed E-state index contributed by atoms with van der Waals surface area (Å²) in [6.07, 6.45) is 4.15. The van der Waals surface area contributed by atoms with Crippen LogP contribution in [-0.2, 0) is 9.31 Å². The van der Waals surface area contributed by atoms with Gasteiger partial charge in [0.15, 0.2) is 0 Å². The first-order valence-electron chi connectivity index (χ1n) is 8.44. The molecule has 1 aromatic rings. The van der Waals surface area contributed by atoms with E-state index in [1.807, 2.05) is 0 Å². The minimum absolute atomic E-state index is 0.198. The number of rotatable bonds is 2. The summed E-state index contributed by atoms with van der Waals surface area (Å²) in [6, 6.07) is 8.41. The molecule has 1 heterocycles. The third-order valence-corrected chi connectivity index (χ3v) is 5.62. The first-order chi connectivity index (χ1) is 10.3. The van der Waals surface area contributed by atoms with Gasteiger partial charge in [-0.1, -0.05) is 37.1 Å². The van der Waals surface area contributed by atoms with Crippen LogP contribution >= 0.6 is 0 Å². The molecule has 22 heavy (non-hydrogen) atoms. The summed E-state index contributed by atoms with van der Waals surface area (Å²) in [5.41, 5.74) is 1.66. The summed E-state index contributed by atoms with van der Waals surface area (Å²) in [4.78, 5) is 0. The monoisotopic (exact) mass is 302 g/mol. The van der Waals surface area contributed by atoms with Crippen LogP contribution in [0.2, 0.25) is 0 Å². The van der Waals surface area contributed by atoms with Crippen molar-refractivity contribution in [2.75, 3.05) is 0 Å². The molecule has 2 aliphatic rings. The number of aliphatic hydroxyl groups is 1. The molecule has 1 aliphatic heterocycles. The van der Waals surface area contributed by atoms with Crippen LogP contribution < -0.4 is 5.46 Å². The molecule has 1 saturated heterocycles. The second-order valence-electron chi connectivity index (χ2n) is 7.71. The van der Waals surface area contributed by atoms with Gasteiger partial charge in [0.1, 0.15) is 0 Å². The van der Waals surface area contributed by atoms with Crippen LogP contribution in [0.15, 0.2) is 24.3 Å². The molecule has 0 amide bonds. The zero-order chi connectivity index (χ0) is 16.0. The Labute approximate surface area is 134 Å². The van der Waals surface area contributed by atoms with Gasteiger partial charge < -0.3 is 14.4 Å². The molecule has 120 valence electrons. The largest absolute Gasteiger partial charge is 0.494 e. The van der Waals surface area contributed by atoms with Gasteiger partial charge in [-0.05, 0) is 51.6 Å². The first-order valence-corrected chi connectivity index (χ1v) is 8.44. The molecule has 0 unspecified atom stereocenters. The lowest BCUT2D eigenvalue weighted by molar-refractivity contribution is 0.00578. The first kappa shape index (κ1) is 16.0. The van der Waals surface area contributed by atoms with Gasteiger partial charge in [-0.15, -0.1) is 0 Å². The van der Waals surface area contributed by atoms with E-state index in [2.05, 4.69) is 52.0 Å². The molecule has 1 N–H and O–H groups in total. The number of hydrogen-bond donors (Lipinski definition) is 1. The SMILES string of the molecule is CC1(C)OB(c2ccc([C@@H]3CCCC[C@H]3O)cc2)OC1(C)C. The van der Waals surface area contributed by atoms with E-state index in [0.29, 0.717) is 0 Å². The highest BCUT2D eigenvalue weighted by atomic mass is 16.7. The van der Waals surface area contributed by atoms with E-state index >= 15 is 0 Å². The van der Waals surface area contributed by atoms with Gasteiger partial charge in [-0.2, -0.15) is 0 Å². The van der Waals surface area contributed by atoms with Gasteiger partial charge in [0.25, 0.3) is 0 Å². The quantitative estimate of drug-likeness (QED) is 0.854. The van der Waals surface area contributed by atoms with Crippen LogP contribution in [0.5, 0.6) is 0 Å². The zero-order valence-corrected chi connectivity index (χ0v) is 14.1. The van der Waals surface area contributed by atoms with Crippen molar-refractivity contribution in [2.45, 2.75) is 76.6 Å². The molecule has 2 atom stereocenters. The lowest BCUT2D eigenvalue weighted by Crippen LogP contribution is -2.41. The van der Waals surface area contributed by atoms with Gasteiger partial charge >= 0.3 is 7.12 Å². The minimum atomic E-state index is -0.310. The summed E-state index contributed by atoms with van der Waals surface area (Å²) in [5, 5.41) is 10.2. The molecule has 1 aliphatic carbocycles. The van der Waals surface area contributed by atoms with Crippen molar-refractivity contribution in [2.24, 2.45) is 0 Å². The van der Waals surface area contributed by atoms with Gasteiger partial charge in [0, 0.05) is 5.92 Å². The predicted octanol–water partition coefficient (Wildman–Crippen LogP) is 3.00. The van der Waals surface area contributed by atoms with E-state index in [0.717, 1.165) is 24.7 Å². The Kier molecular flexibility index (Phi) is 4.13. The fourth-order valence-corrected chi connectivity index (χ4v) is 3.38. The molecule has 0 radical (unpaired) electrons. The van der Waals surface area contributed by atoms with E-state index in [4.69, 9.17) is 9.31 Å². The van der Waals surface area contributed by atoms with Crippen molar-refractivity contribution >= 4 is 12.6 Å². The van der Waals surface area contributed by atoms with Gasteiger partial charge in [-0.25, -0.2) is 0 Å². The predicted molar refractivity (Wildman–Crippen MR) is 89.4 cm³/mol. The molecule has 0 bridgehead atoms. The summed E-state index contributed by atoms with van der Waals surface area (Å²) in [5.74, 6) is 0.279. The Hall–Kier alpha value is -0.835. The van der Waals surface area contributed by atoms with Crippen molar-refractivity contribution in [3.05, 3.63) is 29.8 Å². The van der Waals surface area contributed by atoms with E-state index < -0.39 is 0 Å². The molecular formula is C18H27BO3. The Balaban J connectivity index is 1.75. The maximum atomic E-state index is 10.2. The summed E-state index contributed by atoms with van der Waals surface area (Å²) in [7, 11) is -0.310. The van der Waals surface area contributed by atoms with Crippen molar-refractivity contribution < 1.29 is 14.4 Å². The number of aliphatic hydroxyl groups excluding tert-OH is 1. The van der Waals surface area contributed by atoms with Crippen LogP contribution in [-0.4, -0.2) is 29.5 Å². The molecule has 4 heteroatoms. The summed E-state index contributed by atoms with van der Waals surface area (Å²) >= 11 is 0. The average Bonchev–Trinajstić information content (AvgIpc) is 2.68. The lowest BCUT2D eigenvalue weighted by atomic mass is 9.76. The zero-order valence-electron chi connectivity index (χ0n) is 14.1. The van der Waals surface area contributed by atoms with Crippen LogP contribution in [0.4, 0.5) is 0 Å². The van der Waals surface area contributed by atoms with Crippen LogP contribution in [0.1, 0.15) is 64.9 Å². The Bertz CT molecular complexity index is 508. The molecule has 1 saturated carbocycles. The highest BCUT2D eigenvalue weighted by Crippen LogP contribution is 2.37. The van der Waals surface area contributed by atoms with Crippen LogP contribution in [0.25, 0.3) is 0 Å². The normalized spacial score (nSPS) is 30.5. The highest BCUT2D eigenvalue weighted by molar-refractivity contribution is 6.62. The van der Waals surface area contributed by atoms with E-state index in [-0.39, 0.29) is 30.3 Å². The highest BCUT2D eigenvalue weighted by Gasteiger charge is 2.51. The Morgan fingerprint density at radius 3 is 2.05 bits per heavy atom. The molecule has 0 aromatic heterocycles. The molecular weight excluding hydrogens is 275 g/mol. The van der Waals surface area contributed by atoms with Crippen molar-refractivity contribution in [3.63, 3.8) is 0 Å². The summed E-state index contributed by atoms with van der Waals surface area (Å²) < 4.78 is 12.2. The standard InChI is InChI=1S/C18H27BO3/c1-17(2)18(3,4)22-19(21-17)14-11-9-13(10-12-14)15-7-5-6-8-16(15)20/h9-12,15-16,20H,5-8H2,1-4H3/t15-,16+/m0/s1. The average molecular weight is 302 g/mol. The van der Waals surface area contributed by atoms with E-state index in [9.17, 15) is 5.11 Å². The topological polar surface area (TPSA) is 38.7 Å². The summed E-state index contributed by atoms with van der Waals surface area (Å²) in [6.45, 7) is 8.28. The number of hydrogen-bond acceptors (Lipinski definition) is 3. The second-order valence-corrected chi connectivity index (χ2v) is 7.71. The molecule has 2 fully saturated rings. The Morgan fingerprint density at radius 2 is 1.50 bits per heavy atom. The maximum absolute atomic E-state index is 10.2. The van der Waals surface area contributed by atoms with Gasteiger partial charge in [-0.3, -0.25) is 0 Å². The lowest BCUT2D eigenvalue weighted by Gasteiger charge is -2.32. The number of benzene rings is 1. The fraction of sp³-hybridized carbons (Fsp3) is 0.667. The molecule has 3 nitrogen and oxygen atoms in total. The van der Waals surface area contributed by atoms with E-state index in [1.54, 1.807) is 0 Å². The molecule has 3 rings (SSSR count). The van der Waals surface area contributed by atoms with Crippen LogP contribution in [0.3, 0.4) is 0 Å². The molecule has 1 aromatic carbocycles. The fourth-order valence-electron chi connectivity index (χ4n) is 3.38. The minimum Gasteiger partial charge on any atom is -0.399 e.